The summed E-state index contributed by atoms with van der Waals surface area (Å²) < 4.78 is 0. The van der Waals surface area contributed by atoms with Crippen LogP contribution in [-0.2, 0) is 4.79 Å². The van der Waals surface area contributed by atoms with Gasteiger partial charge in [-0.1, -0.05) is 12.1 Å². The van der Waals surface area contributed by atoms with Crippen LogP contribution in [0.3, 0.4) is 0 Å². The van der Waals surface area contributed by atoms with Crippen molar-refractivity contribution in [3.05, 3.63) is 53.2 Å². The maximum absolute atomic E-state index is 12.6. The highest BCUT2D eigenvalue weighted by molar-refractivity contribution is 6.05. The zero-order valence-corrected chi connectivity index (χ0v) is 15.5. The molecule has 1 aromatic carbocycles. The van der Waals surface area contributed by atoms with Crippen molar-refractivity contribution >= 4 is 23.3 Å². The van der Waals surface area contributed by atoms with Crippen molar-refractivity contribution in [2.24, 2.45) is 0 Å². The average Bonchev–Trinajstić information content (AvgIpc) is 2.65. The van der Waals surface area contributed by atoms with Gasteiger partial charge < -0.3 is 15.1 Å². The first-order valence-corrected chi connectivity index (χ1v) is 8.79. The van der Waals surface area contributed by atoms with Gasteiger partial charge in [-0.3, -0.25) is 9.59 Å². The van der Waals surface area contributed by atoms with Crippen LogP contribution >= 0.6 is 0 Å². The number of amides is 2. The standard InChI is InChI=1S/C20H24N4O2/c1-14-4-5-15(2)18(12-14)22-20(26)17-6-7-21-19(13-17)24-10-8-23(9-11-24)16(3)25/h4-7,12-13H,8-11H2,1-3H3,(H,22,26). The molecule has 0 atom stereocenters. The molecule has 1 aromatic heterocycles. The lowest BCUT2D eigenvalue weighted by Gasteiger charge is -2.35. The zero-order valence-electron chi connectivity index (χ0n) is 15.5. The molecule has 1 saturated heterocycles. The number of benzene rings is 1. The van der Waals surface area contributed by atoms with Gasteiger partial charge in [0.15, 0.2) is 0 Å². The van der Waals surface area contributed by atoms with Crippen LogP contribution in [0.2, 0.25) is 0 Å². The Labute approximate surface area is 153 Å². The molecular formula is C20H24N4O2. The molecule has 0 spiro atoms. The van der Waals surface area contributed by atoms with Gasteiger partial charge in [-0.05, 0) is 43.2 Å². The molecule has 0 bridgehead atoms. The summed E-state index contributed by atoms with van der Waals surface area (Å²) in [6, 6.07) is 9.52. The largest absolute Gasteiger partial charge is 0.353 e. The normalized spacial score (nSPS) is 14.3. The SMILES string of the molecule is CC(=O)N1CCN(c2cc(C(=O)Nc3cc(C)ccc3C)ccn2)CC1. The number of piperazine rings is 1. The van der Waals surface area contributed by atoms with E-state index in [-0.39, 0.29) is 11.8 Å². The van der Waals surface area contributed by atoms with Crippen LogP contribution in [0.5, 0.6) is 0 Å². The van der Waals surface area contributed by atoms with Gasteiger partial charge in [0.05, 0.1) is 0 Å². The zero-order chi connectivity index (χ0) is 18.7. The van der Waals surface area contributed by atoms with Gasteiger partial charge in [-0.25, -0.2) is 4.98 Å². The lowest BCUT2D eigenvalue weighted by atomic mass is 10.1. The molecule has 0 saturated carbocycles. The molecule has 2 heterocycles. The molecule has 1 aliphatic heterocycles. The van der Waals surface area contributed by atoms with E-state index in [2.05, 4.69) is 15.2 Å². The molecule has 1 aliphatic rings. The van der Waals surface area contributed by atoms with E-state index >= 15 is 0 Å². The highest BCUT2D eigenvalue weighted by Gasteiger charge is 2.20. The topological polar surface area (TPSA) is 65.5 Å². The Morgan fingerprint density at radius 3 is 2.46 bits per heavy atom. The average molecular weight is 352 g/mol. The number of nitrogens with zero attached hydrogens (tertiary/aromatic N) is 3. The fraction of sp³-hybridized carbons (Fsp3) is 0.350. The van der Waals surface area contributed by atoms with E-state index in [1.807, 2.05) is 43.0 Å². The number of carbonyl (C=O) groups excluding carboxylic acids is 2. The van der Waals surface area contributed by atoms with E-state index < -0.39 is 0 Å². The quantitative estimate of drug-likeness (QED) is 0.922. The van der Waals surface area contributed by atoms with E-state index in [9.17, 15) is 9.59 Å². The van der Waals surface area contributed by atoms with Gasteiger partial charge in [0.25, 0.3) is 5.91 Å². The maximum Gasteiger partial charge on any atom is 0.255 e. The minimum Gasteiger partial charge on any atom is -0.353 e. The van der Waals surface area contributed by atoms with Gasteiger partial charge in [-0.2, -0.15) is 0 Å². The summed E-state index contributed by atoms with van der Waals surface area (Å²) in [5, 5.41) is 2.98. The third-order valence-electron chi connectivity index (χ3n) is 4.70. The predicted molar refractivity (Wildman–Crippen MR) is 103 cm³/mol. The van der Waals surface area contributed by atoms with Gasteiger partial charge in [0, 0.05) is 50.6 Å². The van der Waals surface area contributed by atoms with Crippen molar-refractivity contribution < 1.29 is 9.59 Å². The van der Waals surface area contributed by atoms with Gasteiger partial charge >= 0.3 is 0 Å². The van der Waals surface area contributed by atoms with Crippen LogP contribution < -0.4 is 10.2 Å². The Bertz CT molecular complexity index is 826. The van der Waals surface area contributed by atoms with Crippen LogP contribution in [-0.4, -0.2) is 47.9 Å². The smallest absolute Gasteiger partial charge is 0.255 e. The second-order valence-electron chi connectivity index (χ2n) is 6.67. The molecule has 6 nitrogen and oxygen atoms in total. The number of hydrogen-bond acceptors (Lipinski definition) is 4. The third kappa shape index (κ3) is 4.02. The van der Waals surface area contributed by atoms with E-state index in [1.54, 1.807) is 19.2 Å². The monoisotopic (exact) mass is 352 g/mol. The summed E-state index contributed by atoms with van der Waals surface area (Å²) in [6.07, 6.45) is 1.66. The summed E-state index contributed by atoms with van der Waals surface area (Å²) in [5.74, 6) is 0.714. The summed E-state index contributed by atoms with van der Waals surface area (Å²) in [6.45, 7) is 8.35. The molecule has 2 amide bonds. The number of carbonyl (C=O) groups is 2. The third-order valence-corrected chi connectivity index (χ3v) is 4.70. The summed E-state index contributed by atoms with van der Waals surface area (Å²) in [7, 11) is 0. The van der Waals surface area contributed by atoms with Gasteiger partial charge in [0.2, 0.25) is 5.91 Å². The molecule has 2 aromatic rings. The van der Waals surface area contributed by atoms with E-state index in [4.69, 9.17) is 0 Å². The highest BCUT2D eigenvalue weighted by atomic mass is 16.2. The maximum atomic E-state index is 12.6. The molecule has 0 radical (unpaired) electrons. The Morgan fingerprint density at radius 1 is 1.04 bits per heavy atom. The lowest BCUT2D eigenvalue weighted by molar-refractivity contribution is -0.129. The predicted octanol–water partition coefficient (Wildman–Crippen LogP) is 2.62. The van der Waals surface area contributed by atoms with Gasteiger partial charge in [-0.15, -0.1) is 0 Å². The Kier molecular flexibility index (Phi) is 5.21. The van der Waals surface area contributed by atoms with Crippen molar-refractivity contribution in [1.29, 1.82) is 0 Å². The highest BCUT2D eigenvalue weighted by Crippen LogP contribution is 2.19. The summed E-state index contributed by atoms with van der Waals surface area (Å²) in [5.41, 5.74) is 3.52. The Morgan fingerprint density at radius 2 is 1.77 bits per heavy atom. The lowest BCUT2D eigenvalue weighted by Crippen LogP contribution is -2.48. The minimum atomic E-state index is -0.148. The molecule has 0 unspecified atom stereocenters. The number of hydrogen-bond donors (Lipinski definition) is 1. The molecule has 1 N–H and O–H groups in total. The first-order valence-electron chi connectivity index (χ1n) is 8.79. The van der Waals surface area contributed by atoms with Crippen LogP contribution in [0.25, 0.3) is 0 Å². The van der Waals surface area contributed by atoms with Gasteiger partial charge in [0.1, 0.15) is 5.82 Å². The fourth-order valence-electron chi connectivity index (χ4n) is 3.05. The summed E-state index contributed by atoms with van der Waals surface area (Å²) >= 11 is 0. The van der Waals surface area contributed by atoms with Crippen molar-refractivity contribution in [3.8, 4) is 0 Å². The molecule has 3 rings (SSSR count). The first-order chi connectivity index (χ1) is 12.4. The van der Waals surface area contributed by atoms with Crippen molar-refractivity contribution in [2.45, 2.75) is 20.8 Å². The Hall–Kier alpha value is -2.89. The van der Waals surface area contributed by atoms with E-state index in [0.29, 0.717) is 31.7 Å². The molecule has 6 heteroatoms. The van der Waals surface area contributed by atoms with E-state index in [1.165, 1.54) is 0 Å². The minimum absolute atomic E-state index is 0.0965. The number of rotatable bonds is 3. The van der Waals surface area contributed by atoms with Crippen LogP contribution in [0, 0.1) is 13.8 Å². The number of aromatic nitrogens is 1. The number of pyridine rings is 1. The van der Waals surface area contributed by atoms with Crippen LogP contribution in [0.1, 0.15) is 28.4 Å². The number of anilines is 2. The fourth-order valence-corrected chi connectivity index (χ4v) is 3.05. The second kappa shape index (κ2) is 7.56. The first kappa shape index (κ1) is 17.9. The second-order valence-corrected chi connectivity index (χ2v) is 6.67. The van der Waals surface area contributed by atoms with Crippen LogP contribution in [0.4, 0.5) is 11.5 Å². The summed E-state index contributed by atoms with van der Waals surface area (Å²) in [4.78, 5) is 32.4. The van der Waals surface area contributed by atoms with Crippen molar-refractivity contribution in [2.75, 3.05) is 36.4 Å². The number of aryl methyl sites for hydroxylation is 2. The van der Waals surface area contributed by atoms with Crippen LogP contribution in [0.15, 0.2) is 36.5 Å². The molecular weight excluding hydrogens is 328 g/mol. The van der Waals surface area contributed by atoms with Crippen molar-refractivity contribution in [3.63, 3.8) is 0 Å². The number of nitrogens with one attached hydrogen (secondary N) is 1. The van der Waals surface area contributed by atoms with E-state index in [0.717, 1.165) is 22.6 Å². The molecule has 1 fully saturated rings. The van der Waals surface area contributed by atoms with Crippen molar-refractivity contribution in [1.82, 2.24) is 9.88 Å². The molecule has 136 valence electrons. The molecule has 26 heavy (non-hydrogen) atoms. The molecule has 0 aliphatic carbocycles. The Balaban J connectivity index is 1.72.